The summed E-state index contributed by atoms with van der Waals surface area (Å²) in [5.74, 6) is -0.100. The second kappa shape index (κ2) is 7.16. The molecule has 1 N–H and O–H groups in total. The Kier molecular flexibility index (Phi) is 5.45. The van der Waals surface area contributed by atoms with Crippen LogP contribution in [0.4, 0.5) is 0 Å². The molecule has 0 radical (unpaired) electrons. The van der Waals surface area contributed by atoms with Gasteiger partial charge in [-0.2, -0.15) is 0 Å². The van der Waals surface area contributed by atoms with Crippen LogP contribution in [0.25, 0.3) is 0 Å². The highest BCUT2D eigenvalue weighted by molar-refractivity contribution is 6.30. The Morgan fingerprint density at radius 2 is 1.96 bits per heavy atom. The first-order valence-electron chi connectivity index (χ1n) is 7.52. The molecule has 1 amide bonds. The molecule has 0 aromatic heterocycles. The number of nitrogens with one attached hydrogen (secondary N) is 1. The molecule has 1 unspecified atom stereocenters. The van der Waals surface area contributed by atoms with Gasteiger partial charge in [-0.25, -0.2) is 0 Å². The zero-order valence-electron chi connectivity index (χ0n) is 13.9. The second-order valence-corrected chi connectivity index (χ2v) is 6.38. The molecule has 0 saturated carbocycles. The van der Waals surface area contributed by atoms with E-state index < -0.39 is 5.60 Å². The van der Waals surface area contributed by atoms with Gasteiger partial charge < -0.3 is 10.1 Å². The predicted octanol–water partition coefficient (Wildman–Crippen LogP) is 4.25. The van der Waals surface area contributed by atoms with E-state index in [-0.39, 0.29) is 5.91 Å². The van der Waals surface area contributed by atoms with Crippen molar-refractivity contribution in [2.24, 2.45) is 0 Å². The van der Waals surface area contributed by atoms with Crippen molar-refractivity contribution in [2.45, 2.75) is 26.4 Å². The largest absolute Gasteiger partial charge is 0.372 e. The third-order valence-electron chi connectivity index (χ3n) is 4.11. The quantitative estimate of drug-likeness (QED) is 0.889. The van der Waals surface area contributed by atoms with E-state index in [4.69, 9.17) is 16.3 Å². The van der Waals surface area contributed by atoms with E-state index >= 15 is 0 Å². The van der Waals surface area contributed by atoms with Crippen LogP contribution in [0.15, 0.2) is 42.5 Å². The number of hydrogen-bond donors (Lipinski definition) is 1. The van der Waals surface area contributed by atoms with Gasteiger partial charge in [0.2, 0.25) is 0 Å². The van der Waals surface area contributed by atoms with Crippen molar-refractivity contribution in [1.29, 1.82) is 0 Å². The summed E-state index contributed by atoms with van der Waals surface area (Å²) in [7, 11) is 1.63. The van der Waals surface area contributed by atoms with E-state index in [1.165, 1.54) is 0 Å². The van der Waals surface area contributed by atoms with Crippen molar-refractivity contribution in [3.63, 3.8) is 0 Å². The van der Waals surface area contributed by atoms with Gasteiger partial charge >= 0.3 is 0 Å². The summed E-state index contributed by atoms with van der Waals surface area (Å²) >= 11 is 6.06. The topological polar surface area (TPSA) is 38.3 Å². The first-order valence-corrected chi connectivity index (χ1v) is 7.90. The normalized spacial score (nSPS) is 13.4. The fourth-order valence-electron chi connectivity index (χ4n) is 2.43. The second-order valence-electron chi connectivity index (χ2n) is 5.95. The third-order valence-corrected chi connectivity index (χ3v) is 4.34. The zero-order valence-corrected chi connectivity index (χ0v) is 14.7. The minimum absolute atomic E-state index is 0.100. The fraction of sp³-hybridized carbons (Fsp3) is 0.316. The monoisotopic (exact) mass is 331 g/mol. The molecule has 0 aliphatic heterocycles. The lowest BCUT2D eigenvalue weighted by Crippen LogP contribution is -2.40. The zero-order chi connectivity index (χ0) is 17.0. The minimum atomic E-state index is -0.641. The summed E-state index contributed by atoms with van der Waals surface area (Å²) in [5, 5.41) is 3.61. The predicted molar refractivity (Wildman–Crippen MR) is 94.1 cm³/mol. The highest BCUT2D eigenvalue weighted by atomic mass is 35.5. The molecule has 2 rings (SSSR count). The molecule has 3 nitrogen and oxygen atoms in total. The van der Waals surface area contributed by atoms with Crippen LogP contribution in [0, 0.1) is 13.8 Å². The van der Waals surface area contributed by atoms with Crippen molar-refractivity contribution in [3.05, 3.63) is 69.7 Å². The van der Waals surface area contributed by atoms with Gasteiger partial charge in [-0.1, -0.05) is 41.4 Å². The molecule has 2 aromatic rings. The average molecular weight is 332 g/mol. The number of halogens is 1. The molecule has 4 heteroatoms. The maximum absolute atomic E-state index is 12.5. The molecular weight excluding hydrogens is 310 g/mol. The number of carbonyl (C=O) groups is 1. The van der Waals surface area contributed by atoms with Crippen LogP contribution in [-0.4, -0.2) is 19.6 Å². The lowest BCUT2D eigenvalue weighted by atomic mass is 9.95. The number of ether oxygens (including phenoxy) is 1. The van der Waals surface area contributed by atoms with E-state index in [2.05, 4.69) is 5.32 Å². The Labute approximate surface area is 142 Å². The van der Waals surface area contributed by atoms with Crippen molar-refractivity contribution in [2.75, 3.05) is 13.7 Å². The van der Waals surface area contributed by atoms with Crippen LogP contribution in [0.3, 0.4) is 0 Å². The lowest BCUT2D eigenvalue weighted by molar-refractivity contribution is 0.00315. The smallest absolute Gasteiger partial charge is 0.251 e. The van der Waals surface area contributed by atoms with E-state index in [1.54, 1.807) is 7.11 Å². The summed E-state index contributed by atoms with van der Waals surface area (Å²) in [6.45, 7) is 6.19. The van der Waals surface area contributed by atoms with Gasteiger partial charge in [-0.15, -0.1) is 0 Å². The van der Waals surface area contributed by atoms with Crippen LogP contribution in [-0.2, 0) is 10.3 Å². The molecule has 23 heavy (non-hydrogen) atoms. The number of hydrogen-bond acceptors (Lipinski definition) is 2. The molecule has 0 bridgehead atoms. The van der Waals surface area contributed by atoms with E-state index in [9.17, 15) is 4.79 Å². The molecule has 0 aliphatic carbocycles. The van der Waals surface area contributed by atoms with Gasteiger partial charge in [0, 0.05) is 17.7 Å². The Hall–Kier alpha value is -1.84. The van der Waals surface area contributed by atoms with E-state index in [0.717, 1.165) is 16.7 Å². The molecule has 0 heterocycles. The maximum atomic E-state index is 12.5. The molecule has 0 fully saturated rings. The molecular formula is C19H22ClNO2. The summed E-state index contributed by atoms with van der Waals surface area (Å²) in [6.07, 6.45) is 0. The number of rotatable bonds is 5. The highest BCUT2D eigenvalue weighted by Crippen LogP contribution is 2.26. The van der Waals surface area contributed by atoms with Crippen molar-refractivity contribution in [3.8, 4) is 0 Å². The molecule has 0 saturated heterocycles. The van der Waals surface area contributed by atoms with Crippen molar-refractivity contribution >= 4 is 17.5 Å². The average Bonchev–Trinajstić information content (AvgIpc) is 2.54. The van der Waals surface area contributed by atoms with Crippen LogP contribution in [0.1, 0.15) is 34.0 Å². The summed E-state index contributed by atoms with van der Waals surface area (Å²) < 4.78 is 5.65. The number of methoxy groups -OCH3 is 1. The number of aryl methyl sites for hydroxylation is 2. The Morgan fingerprint density at radius 1 is 1.22 bits per heavy atom. The fourth-order valence-corrected chi connectivity index (χ4v) is 2.62. The first kappa shape index (κ1) is 17.5. The first-order chi connectivity index (χ1) is 10.9. The molecule has 122 valence electrons. The maximum Gasteiger partial charge on any atom is 0.251 e. The minimum Gasteiger partial charge on any atom is -0.372 e. The third kappa shape index (κ3) is 4.12. The summed E-state index contributed by atoms with van der Waals surface area (Å²) in [5.41, 5.74) is 2.99. The van der Waals surface area contributed by atoms with E-state index in [0.29, 0.717) is 17.1 Å². The van der Waals surface area contributed by atoms with Gasteiger partial charge in [0.15, 0.2) is 0 Å². The standard InChI is InChI=1S/C19H22ClNO2/c1-13-8-9-14(2)17(10-13)18(22)21-12-19(3,23-4)15-6-5-7-16(20)11-15/h5-11H,12H2,1-4H3,(H,21,22). The van der Waals surface area contributed by atoms with Gasteiger partial charge in [-0.3, -0.25) is 4.79 Å². The van der Waals surface area contributed by atoms with Crippen LogP contribution in [0.2, 0.25) is 5.02 Å². The summed E-state index contributed by atoms with van der Waals surface area (Å²) in [4.78, 5) is 12.5. The summed E-state index contributed by atoms with van der Waals surface area (Å²) in [6, 6.07) is 13.3. The van der Waals surface area contributed by atoms with Crippen molar-refractivity contribution < 1.29 is 9.53 Å². The Balaban J connectivity index is 2.17. The molecule has 0 spiro atoms. The lowest BCUT2D eigenvalue weighted by Gasteiger charge is -2.29. The highest BCUT2D eigenvalue weighted by Gasteiger charge is 2.27. The molecule has 2 aromatic carbocycles. The number of benzene rings is 2. The van der Waals surface area contributed by atoms with Gasteiger partial charge in [0.25, 0.3) is 5.91 Å². The molecule has 0 aliphatic rings. The van der Waals surface area contributed by atoms with Crippen LogP contribution >= 0.6 is 11.6 Å². The van der Waals surface area contributed by atoms with Gasteiger partial charge in [0.1, 0.15) is 5.60 Å². The Bertz CT molecular complexity index is 714. The number of amides is 1. The van der Waals surface area contributed by atoms with Crippen LogP contribution in [0.5, 0.6) is 0 Å². The Morgan fingerprint density at radius 3 is 2.61 bits per heavy atom. The van der Waals surface area contributed by atoms with Crippen LogP contribution < -0.4 is 5.32 Å². The van der Waals surface area contributed by atoms with Gasteiger partial charge in [-0.05, 0) is 50.1 Å². The molecule has 1 atom stereocenters. The van der Waals surface area contributed by atoms with Crippen molar-refractivity contribution in [1.82, 2.24) is 5.32 Å². The van der Waals surface area contributed by atoms with E-state index in [1.807, 2.05) is 63.2 Å². The number of carbonyl (C=O) groups excluding carboxylic acids is 1. The van der Waals surface area contributed by atoms with Gasteiger partial charge in [0.05, 0.1) is 6.54 Å². The SMILES string of the molecule is COC(C)(CNC(=O)c1cc(C)ccc1C)c1cccc(Cl)c1.